The van der Waals surface area contributed by atoms with Gasteiger partial charge in [-0.15, -0.1) is 0 Å². The molecule has 3 fully saturated rings. The molecule has 38 heavy (non-hydrogen) atoms. The predicted octanol–water partition coefficient (Wildman–Crippen LogP) is 5.74. The van der Waals surface area contributed by atoms with Crippen molar-refractivity contribution in [3.8, 4) is 0 Å². The third-order valence-electron chi connectivity index (χ3n) is 8.34. The molecule has 0 amide bonds. The molecule has 1 heterocycles. The molecule has 2 aliphatic carbocycles. The number of halogens is 3. The van der Waals surface area contributed by atoms with Crippen LogP contribution in [-0.2, 0) is 34.1 Å². The van der Waals surface area contributed by atoms with Crippen molar-refractivity contribution in [2.75, 3.05) is 14.2 Å². The van der Waals surface area contributed by atoms with Gasteiger partial charge < -0.3 is 18.9 Å². The van der Waals surface area contributed by atoms with Gasteiger partial charge >= 0.3 is 18.1 Å². The zero-order valence-electron chi connectivity index (χ0n) is 22.1. The smallest absolute Gasteiger partial charge is 0.432 e. The summed E-state index contributed by atoms with van der Waals surface area (Å²) in [5.41, 5.74) is -3.47. The van der Waals surface area contributed by atoms with E-state index in [1.807, 2.05) is 6.92 Å². The van der Waals surface area contributed by atoms with E-state index in [0.717, 1.165) is 39.2 Å². The number of esters is 2. The molecule has 1 saturated heterocycles. The molecule has 0 spiro atoms. The first-order valence-corrected chi connectivity index (χ1v) is 13.4. The summed E-state index contributed by atoms with van der Waals surface area (Å²) in [5.74, 6) is -0.726. The molecule has 0 unspecified atom stereocenters. The van der Waals surface area contributed by atoms with Gasteiger partial charge in [-0.1, -0.05) is 49.4 Å². The third-order valence-corrected chi connectivity index (χ3v) is 8.34. The SMILES string of the molecule is CC[C@@H](OC(=O)[C@](OC)(c1ccccc1)C(F)(F)F)[C@@H]1C[C@H]1[C@@H]1C[C@@H]2O[C@@H]2[C@H]1/C=C\CCCCC(=O)OC. The molecule has 4 rings (SSSR count). The number of hydrogen-bond acceptors (Lipinski definition) is 6. The van der Waals surface area contributed by atoms with Crippen LogP contribution in [0, 0.1) is 23.7 Å². The maximum Gasteiger partial charge on any atom is 0.432 e. The van der Waals surface area contributed by atoms with E-state index in [4.69, 9.17) is 14.2 Å². The quantitative estimate of drug-likeness (QED) is 0.138. The summed E-state index contributed by atoms with van der Waals surface area (Å²) in [6.07, 6.45) is 4.27. The van der Waals surface area contributed by atoms with Crippen molar-refractivity contribution < 1.29 is 41.7 Å². The summed E-state index contributed by atoms with van der Waals surface area (Å²) < 4.78 is 63.8. The van der Waals surface area contributed by atoms with Gasteiger partial charge in [0.25, 0.3) is 5.60 Å². The van der Waals surface area contributed by atoms with E-state index in [0.29, 0.717) is 18.8 Å². The molecule has 1 aliphatic heterocycles. The highest BCUT2D eigenvalue weighted by atomic mass is 19.4. The van der Waals surface area contributed by atoms with Gasteiger partial charge in [0, 0.05) is 25.0 Å². The highest BCUT2D eigenvalue weighted by Crippen LogP contribution is 2.60. The number of hydrogen-bond donors (Lipinski definition) is 0. The maximum atomic E-state index is 14.3. The summed E-state index contributed by atoms with van der Waals surface area (Å²) in [4.78, 5) is 24.4. The first-order valence-electron chi connectivity index (χ1n) is 13.4. The number of rotatable bonds is 13. The Labute approximate surface area is 221 Å². The minimum absolute atomic E-state index is 0.0148. The monoisotopic (exact) mass is 538 g/mol. The van der Waals surface area contributed by atoms with Crippen molar-refractivity contribution in [1.82, 2.24) is 0 Å². The number of alkyl halides is 3. The van der Waals surface area contributed by atoms with E-state index in [1.165, 1.54) is 31.4 Å². The fourth-order valence-electron chi connectivity index (χ4n) is 6.19. The minimum atomic E-state index is -4.99. The number of carbonyl (C=O) groups excluding carboxylic acids is 2. The van der Waals surface area contributed by atoms with Crippen LogP contribution in [0.1, 0.15) is 57.4 Å². The molecule has 2 saturated carbocycles. The van der Waals surface area contributed by atoms with Crippen LogP contribution in [-0.4, -0.2) is 50.6 Å². The Bertz CT molecular complexity index is 996. The van der Waals surface area contributed by atoms with Crippen LogP contribution >= 0.6 is 0 Å². The topological polar surface area (TPSA) is 74.4 Å². The number of carbonyl (C=O) groups is 2. The Morgan fingerprint density at radius 1 is 1.11 bits per heavy atom. The third kappa shape index (κ3) is 5.78. The molecule has 210 valence electrons. The Morgan fingerprint density at radius 2 is 1.84 bits per heavy atom. The summed E-state index contributed by atoms with van der Waals surface area (Å²) in [7, 11) is 2.27. The van der Waals surface area contributed by atoms with E-state index in [2.05, 4.69) is 16.9 Å². The minimum Gasteiger partial charge on any atom is -0.469 e. The molecule has 9 heteroatoms. The molecule has 0 N–H and O–H groups in total. The van der Waals surface area contributed by atoms with Gasteiger partial charge in [-0.05, 0) is 56.3 Å². The number of methoxy groups -OCH3 is 2. The Balaban J connectivity index is 1.38. The average molecular weight is 539 g/mol. The van der Waals surface area contributed by atoms with Gasteiger partial charge in [0.05, 0.1) is 19.3 Å². The molecule has 0 radical (unpaired) electrons. The molecule has 6 nitrogen and oxygen atoms in total. The number of allylic oxidation sites excluding steroid dienone is 1. The summed E-state index contributed by atoms with van der Waals surface area (Å²) in [5, 5.41) is 0. The molecular weight excluding hydrogens is 501 g/mol. The summed E-state index contributed by atoms with van der Waals surface area (Å²) in [6.45, 7) is 1.83. The number of fused-ring (bicyclic) bond motifs is 1. The van der Waals surface area contributed by atoms with Crippen LogP contribution < -0.4 is 0 Å². The second-order valence-corrected chi connectivity index (χ2v) is 10.5. The molecule has 3 aliphatic rings. The van der Waals surface area contributed by atoms with E-state index in [1.54, 1.807) is 6.07 Å². The molecule has 0 aromatic heterocycles. The van der Waals surface area contributed by atoms with Crippen molar-refractivity contribution in [2.45, 2.75) is 82.0 Å². The number of epoxide rings is 1. The lowest BCUT2D eigenvalue weighted by Crippen LogP contribution is -2.52. The number of unbranched alkanes of at least 4 members (excludes halogenated alkanes) is 2. The highest BCUT2D eigenvalue weighted by Gasteiger charge is 2.65. The van der Waals surface area contributed by atoms with Crippen LogP contribution in [0.15, 0.2) is 42.5 Å². The second kappa shape index (κ2) is 11.8. The summed E-state index contributed by atoms with van der Waals surface area (Å²) in [6, 6.07) is 6.93. The zero-order valence-corrected chi connectivity index (χ0v) is 22.1. The van der Waals surface area contributed by atoms with Gasteiger partial charge in [-0.3, -0.25) is 4.79 Å². The number of benzene rings is 1. The summed E-state index contributed by atoms with van der Waals surface area (Å²) >= 11 is 0. The van der Waals surface area contributed by atoms with Gasteiger partial charge in [0.1, 0.15) is 6.10 Å². The maximum absolute atomic E-state index is 14.3. The van der Waals surface area contributed by atoms with Crippen molar-refractivity contribution in [3.63, 3.8) is 0 Å². The first-order chi connectivity index (χ1) is 18.2. The Hall–Kier alpha value is -2.39. The van der Waals surface area contributed by atoms with Crippen LogP contribution in [0.25, 0.3) is 0 Å². The standard InChI is InChI=1S/C29H37F3O6/c1-4-23(38-27(34)28(36-3,29(30,31)32)18-12-8-7-9-13-18)22-16-20(22)21-17-24-26(37-24)19(21)14-10-5-6-11-15-25(33)35-2/h7-10,12-14,19-24,26H,4-6,11,15-17H2,1-3H3/b14-10-/t19-,20-,21+,22+,23+,24-,26+,28+/m0/s1. The van der Waals surface area contributed by atoms with E-state index in [-0.39, 0.29) is 41.5 Å². The van der Waals surface area contributed by atoms with Crippen molar-refractivity contribution in [1.29, 1.82) is 0 Å². The molecule has 0 bridgehead atoms. The lowest BCUT2D eigenvalue weighted by Gasteiger charge is -2.34. The normalized spacial score (nSPS) is 30.4. The second-order valence-electron chi connectivity index (χ2n) is 10.5. The zero-order chi connectivity index (χ0) is 27.5. The van der Waals surface area contributed by atoms with Gasteiger partial charge in [-0.25, -0.2) is 4.79 Å². The molecule has 1 aromatic rings. The van der Waals surface area contributed by atoms with Crippen LogP contribution in [0.4, 0.5) is 13.2 Å². The van der Waals surface area contributed by atoms with Crippen molar-refractivity contribution in [3.05, 3.63) is 48.0 Å². The highest BCUT2D eigenvalue weighted by molar-refractivity contribution is 5.83. The Kier molecular flexibility index (Phi) is 8.87. The molecule has 8 atom stereocenters. The lowest BCUT2D eigenvalue weighted by atomic mass is 9.87. The van der Waals surface area contributed by atoms with Crippen molar-refractivity contribution >= 4 is 11.9 Å². The molecular formula is C29H37F3O6. The van der Waals surface area contributed by atoms with Crippen LogP contribution in [0.2, 0.25) is 0 Å². The molecule has 1 aromatic carbocycles. The lowest BCUT2D eigenvalue weighted by molar-refractivity contribution is -0.278. The fraction of sp³-hybridized carbons (Fsp3) is 0.655. The van der Waals surface area contributed by atoms with Crippen LogP contribution in [0.3, 0.4) is 0 Å². The van der Waals surface area contributed by atoms with E-state index >= 15 is 0 Å². The largest absolute Gasteiger partial charge is 0.469 e. The van der Waals surface area contributed by atoms with Gasteiger partial charge in [0.15, 0.2) is 0 Å². The Morgan fingerprint density at radius 3 is 2.47 bits per heavy atom. The van der Waals surface area contributed by atoms with Gasteiger partial charge in [-0.2, -0.15) is 13.2 Å². The van der Waals surface area contributed by atoms with Crippen molar-refractivity contribution in [2.24, 2.45) is 23.7 Å². The first kappa shape index (κ1) is 28.6. The van der Waals surface area contributed by atoms with Crippen LogP contribution in [0.5, 0.6) is 0 Å². The number of ether oxygens (including phenoxy) is 4. The average Bonchev–Trinajstić information content (AvgIpc) is 3.82. The van der Waals surface area contributed by atoms with E-state index in [9.17, 15) is 22.8 Å². The fourth-order valence-corrected chi connectivity index (χ4v) is 6.19. The van der Waals surface area contributed by atoms with E-state index < -0.39 is 23.9 Å². The predicted molar refractivity (Wildman–Crippen MR) is 133 cm³/mol. The van der Waals surface area contributed by atoms with Gasteiger partial charge in [0.2, 0.25) is 0 Å².